The SMILES string of the molecule is CC(C)C(C)(CN)NS(N)(=O)=O. The average molecular weight is 195 g/mol. The molecule has 0 spiro atoms. The monoisotopic (exact) mass is 195 g/mol. The third-order valence-electron chi connectivity index (χ3n) is 2.07. The summed E-state index contributed by atoms with van der Waals surface area (Å²) >= 11 is 0. The molecular formula is C6H17N3O2S. The topological polar surface area (TPSA) is 98.2 Å². The largest absolute Gasteiger partial charge is 0.329 e. The maximum atomic E-state index is 10.7. The Balaban J connectivity index is 4.57. The molecule has 0 saturated carbocycles. The summed E-state index contributed by atoms with van der Waals surface area (Å²) in [5, 5.41) is 4.84. The smallest absolute Gasteiger partial charge is 0.274 e. The number of nitrogens with two attached hydrogens (primary N) is 2. The van der Waals surface area contributed by atoms with Gasteiger partial charge in [-0.05, 0) is 12.8 Å². The lowest BCUT2D eigenvalue weighted by Gasteiger charge is -2.31. The van der Waals surface area contributed by atoms with E-state index in [1.807, 2.05) is 13.8 Å². The zero-order chi connectivity index (χ0) is 9.99. The highest BCUT2D eigenvalue weighted by Gasteiger charge is 2.29. The summed E-state index contributed by atoms with van der Waals surface area (Å²) in [6.07, 6.45) is 0. The van der Waals surface area contributed by atoms with Crippen molar-refractivity contribution in [1.29, 1.82) is 0 Å². The molecule has 6 heteroatoms. The Morgan fingerprint density at radius 1 is 1.50 bits per heavy atom. The van der Waals surface area contributed by atoms with Crippen molar-refractivity contribution in [3.8, 4) is 0 Å². The predicted molar refractivity (Wildman–Crippen MR) is 48.5 cm³/mol. The van der Waals surface area contributed by atoms with Crippen molar-refractivity contribution in [2.75, 3.05) is 6.54 Å². The van der Waals surface area contributed by atoms with E-state index in [-0.39, 0.29) is 12.5 Å². The van der Waals surface area contributed by atoms with Crippen LogP contribution >= 0.6 is 0 Å². The van der Waals surface area contributed by atoms with Crippen molar-refractivity contribution in [3.63, 3.8) is 0 Å². The molecule has 0 heterocycles. The molecule has 0 aliphatic carbocycles. The van der Waals surface area contributed by atoms with Crippen molar-refractivity contribution in [2.24, 2.45) is 16.8 Å². The van der Waals surface area contributed by atoms with Gasteiger partial charge in [0, 0.05) is 12.1 Å². The van der Waals surface area contributed by atoms with E-state index in [9.17, 15) is 8.42 Å². The first kappa shape index (κ1) is 11.8. The Bertz CT molecular complexity index is 237. The van der Waals surface area contributed by atoms with Gasteiger partial charge in [-0.1, -0.05) is 13.8 Å². The molecule has 0 radical (unpaired) electrons. The second-order valence-electron chi connectivity index (χ2n) is 3.42. The molecule has 0 aliphatic heterocycles. The fraction of sp³-hybridized carbons (Fsp3) is 1.00. The van der Waals surface area contributed by atoms with Gasteiger partial charge in [-0.3, -0.25) is 0 Å². The molecule has 0 aromatic rings. The lowest BCUT2D eigenvalue weighted by Crippen LogP contribution is -2.56. The first-order valence-corrected chi connectivity index (χ1v) is 5.27. The average Bonchev–Trinajstić information content (AvgIpc) is 1.83. The molecular weight excluding hydrogens is 178 g/mol. The third-order valence-corrected chi connectivity index (χ3v) is 2.82. The molecule has 74 valence electrons. The Morgan fingerprint density at radius 2 is 1.92 bits per heavy atom. The molecule has 0 fully saturated rings. The molecule has 5 N–H and O–H groups in total. The number of hydrogen-bond acceptors (Lipinski definition) is 3. The standard InChI is InChI=1S/C6H17N3O2S/c1-5(2)6(3,4-7)9-12(8,10)11/h5,9H,4,7H2,1-3H3,(H2,8,10,11). The maximum absolute atomic E-state index is 10.7. The second-order valence-corrected chi connectivity index (χ2v) is 4.72. The quantitative estimate of drug-likeness (QED) is 0.545. The van der Waals surface area contributed by atoms with Crippen molar-refractivity contribution in [1.82, 2.24) is 4.72 Å². The highest BCUT2D eigenvalue weighted by molar-refractivity contribution is 7.87. The fourth-order valence-electron chi connectivity index (χ4n) is 0.720. The van der Waals surface area contributed by atoms with Gasteiger partial charge in [0.2, 0.25) is 0 Å². The van der Waals surface area contributed by atoms with Crippen LogP contribution in [0.4, 0.5) is 0 Å². The van der Waals surface area contributed by atoms with Crippen molar-refractivity contribution in [3.05, 3.63) is 0 Å². The predicted octanol–water partition coefficient (Wildman–Crippen LogP) is -0.847. The number of rotatable bonds is 4. The molecule has 0 aromatic heterocycles. The molecule has 0 rings (SSSR count). The van der Waals surface area contributed by atoms with Crippen LogP contribution in [0.3, 0.4) is 0 Å². The Labute approximate surface area is 73.7 Å². The molecule has 1 unspecified atom stereocenters. The summed E-state index contributed by atoms with van der Waals surface area (Å²) in [5.74, 6) is 0.0980. The van der Waals surface area contributed by atoms with Crippen LogP contribution in [0.5, 0.6) is 0 Å². The lowest BCUT2D eigenvalue weighted by molar-refractivity contribution is 0.315. The van der Waals surface area contributed by atoms with Gasteiger partial charge in [-0.25, -0.2) is 5.14 Å². The molecule has 12 heavy (non-hydrogen) atoms. The molecule has 0 aliphatic rings. The number of nitrogens with one attached hydrogen (secondary N) is 1. The molecule has 0 saturated heterocycles. The normalized spacial score (nSPS) is 17.8. The van der Waals surface area contributed by atoms with Gasteiger partial charge in [0.05, 0.1) is 0 Å². The van der Waals surface area contributed by atoms with Crippen molar-refractivity contribution in [2.45, 2.75) is 26.3 Å². The van der Waals surface area contributed by atoms with Crippen LogP contribution in [-0.2, 0) is 10.2 Å². The molecule has 1 atom stereocenters. The van der Waals surface area contributed by atoms with E-state index in [1.54, 1.807) is 6.92 Å². The van der Waals surface area contributed by atoms with Crippen molar-refractivity contribution >= 4 is 10.2 Å². The summed E-state index contributed by atoms with van der Waals surface area (Å²) in [6, 6.07) is 0. The summed E-state index contributed by atoms with van der Waals surface area (Å²) in [4.78, 5) is 0. The minimum Gasteiger partial charge on any atom is -0.329 e. The molecule has 0 bridgehead atoms. The Hall–Kier alpha value is -0.170. The van der Waals surface area contributed by atoms with E-state index < -0.39 is 15.7 Å². The molecule has 0 aromatic carbocycles. The first-order valence-electron chi connectivity index (χ1n) is 3.73. The maximum Gasteiger partial charge on any atom is 0.274 e. The van der Waals surface area contributed by atoms with Gasteiger partial charge >= 0.3 is 0 Å². The van der Waals surface area contributed by atoms with Crippen LogP contribution in [0.1, 0.15) is 20.8 Å². The second kappa shape index (κ2) is 3.69. The van der Waals surface area contributed by atoms with Crippen LogP contribution in [0.2, 0.25) is 0 Å². The third kappa shape index (κ3) is 3.48. The summed E-state index contributed by atoms with van der Waals surface area (Å²) in [6.45, 7) is 5.71. The van der Waals surface area contributed by atoms with Gasteiger partial charge < -0.3 is 5.73 Å². The van der Waals surface area contributed by atoms with Crippen LogP contribution < -0.4 is 15.6 Å². The van der Waals surface area contributed by atoms with E-state index in [1.165, 1.54) is 0 Å². The number of hydrogen-bond donors (Lipinski definition) is 3. The van der Waals surface area contributed by atoms with Crippen LogP contribution in [0, 0.1) is 5.92 Å². The highest BCUT2D eigenvalue weighted by atomic mass is 32.2. The molecule has 0 amide bonds. The van der Waals surface area contributed by atoms with E-state index in [2.05, 4.69) is 4.72 Å². The summed E-state index contributed by atoms with van der Waals surface area (Å²) in [7, 11) is -3.67. The zero-order valence-corrected chi connectivity index (χ0v) is 8.48. The highest BCUT2D eigenvalue weighted by Crippen LogP contribution is 2.14. The zero-order valence-electron chi connectivity index (χ0n) is 7.66. The van der Waals surface area contributed by atoms with Crippen LogP contribution in [0.15, 0.2) is 0 Å². The van der Waals surface area contributed by atoms with E-state index in [4.69, 9.17) is 10.9 Å². The first-order chi connectivity index (χ1) is 5.21. The Kier molecular flexibility index (Phi) is 3.64. The van der Waals surface area contributed by atoms with E-state index in [0.717, 1.165) is 0 Å². The summed E-state index contributed by atoms with van der Waals surface area (Å²) in [5.41, 5.74) is 4.77. The van der Waals surface area contributed by atoms with Gasteiger partial charge in [-0.15, -0.1) is 0 Å². The van der Waals surface area contributed by atoms with Gasteiger partial charge in [-0.2, -0.15) is 13.1 Å². The lowest BCUT2D eigenvalue weighted by atomic mass is 9.90. The minimum absolute atomic E-state index is 0.0980. The van der Waals surface area contributed by atoms with E-state index in [0.29, 0.717) is 0 Å². The van der Waals surface area contributed by atoms with Crippen molar-refractivity contribution < 1.29 is 8.42 Å². The van der Waals surface area contributed by atoms with Gasteiger partial charge in [0.25, 0.3) is 10.2 Å². The van der Waals surface area contributed by atoms with Crippen LogP contribution in [-0.4, -0.2) is 20.5 Å². The van der Waals surface area contributed by atoms with Gasteiger partial charge in [0.15, 0.2) is 0 Å². The fourth-order valence-corrected chi connectivity index (χ4v) is 1.69. The van der Waals surface area contributed by atoms with Gasteiger partial charge in [0.1, 0.15) is 0 Å². The minimum atomic E-state index is -3.67. The molecule has 5 nitrogen and oxygen atoms in total. The van der Waals surface area contributed by atoms with Crippen LogP contribution in [0.25, 0.3) is 0 Å². The summed E-state index contributed by atoms with van der Waals surface area (Å²) < 4.78 is 23.7. The van der Waals surface area contributed by atoms with E-state index >= 15 is 0 Å². The Morgan fingerprint density at radius 3 is 2.00 bits per heavy atom.